The lowest BCUT2D eigenvalue weighted by Gasteiger charge is -1.86. The Kier molecular flexibility index (Phi) is 1.89. The highest BCUT2D eigenvalue weighted by molar-refractivity contribution is 9.10. The molecule has 1 heterocycles. The molecule has 1 radical (unpaired) electrons. The molecule has 0 aliphatic rings. The van der Waals surface area contributed by atoms with Crippen LogP contribution in [-0.4, -0.2) is 16.3 Å². The Morgan fingerprint density at radius 1 is 1.67 bits per heavy atom. The summed E-state index contributed by atoms with van der Waals surface area (Å²) in [4.78, 5) is 17.3. The van der Waals surface area contributed by atoms with E-state index >= 15 is 0 Å². The minimum absolute atomic E-state index is 0.261. The summed E-state index contributed by atoms with van der Waals surface area (Å²) >= 11 is 3.00. The highest BCUT2D eigenvalue weighted by Gasteiger charge is 1.91. The quantitative estimate of drug-likeness (QED) is 0.606. The fourth-order valence-electron chi connectivity index (χ4n) is 0.392. The van der Waals surface area contributed by atoms with Crippen molar-refractivity contribution in [2.45, 2.75) is 0 Å². The molecule has 0 aliphatic heterocycles. The van der Waals surface area contributed by atoms with E-state index in [-0.39, 0.29) is 5.69 Å². The molecule has 4 heteroatoms. The van der Waals surface area contributed by atoms with Crippen LogP contribution >= 0.6 is 15.9 Å². The Morgan fingerprint density at radius 3 is 2.89 bits per heavy atom. The van der Waals surface area contributed by atoms with Crippen molar-refractivity contribution >= 4 is 22.2 Å². The molecule has 0 aliphatic carbocycles. The van der Waals surface area contributed by atoms with E-state index in [0.717, 1.165) is 0 Å². The smallest absolute Gasteiger partial charge is 0.253 e. The molecule has 0 amide bonds. The molecular weight excluding hydrogens is 184 g/mol. The molecule has 0 saturated heterocycles. The Labute approximate surface area is 60.3 Å². The Balaban J connectivity index is 3.07. The summed E-state index contributed by atoms with van der Waals surface area (Å²) < 4.78 is 0.406. The van der Waals surface area contributed by atoms with Crippen LogP contribution in [0.5, 0.6) is 0 Å². The topological polar surface area (TPSA) is 42.9 Å². The van der Waals surface area contributed by atoms with Crippen molar-refractivity contribution in [2.75, 3.05) is 0 Å². The SMILES string of the molecule is O=[C]c1ccnc(Br)n1. The number of hydrogen-bond donors (Lipinski definition) is 0. The zero-order valence-corrected chi connectivity index (χ0v) is 5.92. The third-order valence-electron chi connectivity index (χ3n) is 0.731. The minimum Gasteiger partial charge on any atom is -0.283 e. The molecule has 1 rings (SSSR count). The lowest BCUT2D eigenvalue weighted by Crippen LogP contribution is -1.88. The Morgan fingerprint density at radius 2 is 2.44 bits per heavy atom. The Hall–Kier alpha value is -0.770. The van der Waals surface area contributed by atoms with Crippen LogP contribution in [0.4, 0.5) is 0 Å². The molecule has 3 nitrogen and oxygen atoms in total. The first-order valence-electron chi connectivity index (χ1n) is 2.19. The van der Waals surface area contributed by atoms with Crippen LogP contribution < -0.4 is 0 Å². The van der Waals surface area contributed by atoms with Gasteiger partial charge in [0.25, 0.3) is 6.29 Å². The van der Waals surface area contributed by atoms with E-state index in [9.17, 15) is 4.79 Å². The van der Waals surface area contributed by atoms with E-state index in [1.807, 2.05) is 0 Å². The summed E-state index contributed by atoms with van der Waals surface area (Å²) in [6, 6.07) is 1.48. The molecule has 0 atom stereocenters. The number of hydrogen-bond acceptors (Lipinski definition) is 3. The maximum absolute atomic E-state index is 9.92. The van der Waals surface area contributed by atoms with Crippen molar-refractivity contribution in [1.29, 1.82) is 0 Å². The molecule has 45 valence electrons. The fourth-order valence-corrected chi connectivity index (χ4v) is 0.701. The van der Waals surface area contributed by atoms with E-state index < -0.39 is 0 Å². The second kappa shape index (κ2) is 2.68. The molecular formula is C5H2BrN2O. The van der Waals surface area contributed by atoms with E-state index in [1.54, 1.807) is 6.29 Å². The lowest BCUT2D eigenvalue weighted by molar-refractivity contribution is 0.561. The minimum atomic E-state index is 0.261. The summed E-state index contributed by atoms with van der Waals surface area (Å²) in [6.07, 6.45) is 3.12. The van der Waals surface area contributed by atoms with Gasteiger partial charge in [-0.3, -0.25) is 4.79 Å². The van der Waals surface area contributed by atoms with Crippen LogP contribution in [0.25, 0.3) is 0 Å². The van der Waals surface area contributed by atoms with Crippen LogP contribution in [0.3, 0.4) is 0 Å². The molecule has 0 fully saturated rings. The molecule has 0 unspecified atom stereocenters. The van der Waals surface area contributed by atoms with Gasteiger partial charge in [0.05, 0.1) is 0 Å². The van der Waals surface area contributed by atoms with E-state index in [0.29, 0.717) is 4.73 Å². The average Bonchev–Trinajstić information content (AvgIpc) is 1.88. The van der Waals surface area contributed by atoms with Crippen molar-refractivity contribution in [1.82, 2.24) is 9.97 Å². The van der Waals surface area contributed by atoms with Crippen molar-refractivity contribution < 1.29 is 4.79 Å². The Bertz CT molecular complexity index is 226. The van der Waals surface area contributed by atoms with Gasteiger partial charge in [-0.05, 0) is 22.0 Å². The summed E-state index contributed by atoms with van der Waals surface area (Å²) in [5.74, 6) is 0. The monoisotopic (exact) mass is 185 g/mol. The zero-order chi connectivity index (χ0) is 6.69. The average molecular weight is 186 g/mol. The van der Waals surface area contributed by atoms with Crippen LogP contribution in [-0.2, 0) is 4.79 Å². The van der Waals surface area contributed by atoms with Gasteiger partial charge in [-0.25, -0.2) is 9.97 Å². The molecule has 1 aromatic rings. The number of aromatic nitrogens is 2. The largest absolute Gasteiger partial charge is 0.283 e. The van der Waals surface area contributed by atoms with Crippen molar-refractivity contribution in [2.24, 2.45) is 0 Å². The molecule has 0 saturated carbocycles. The van der Waals surface area contributed by atoms with Crippen molar-refractivity contribution in [3.05, 3.63) is 22.7 Å². The second-order valence-electron chi connectivity index (χ2n) is 1.31. The molecule has 1 aromatic heterocycles. The third kappa shape index (κ3) is 1.57. The number of nitrogens with zero attached hydrogens (tertiary/aromatic N) is 2. The van der Waals surface area contributed by atoms with Gasteiger partial charge in [-0.2, -0.15) is 0 Å². The van der Waals surface area contributed by atoms with Gasteiger partial charge < -0.3 is 0 Å². The standard InChI is InChI=1S/C5H2BrN2O/c6-5-7-2-1-4(3-9)8-5/h1-2H. The first-order valence-corrected chi connectivity index (χ1v) is 2.99. The molecule has 9 heavy (non-hydrogen) atoms. The number of carbonyl (C=O) groups excluding carboxylic acids is 1. The number of halogens is 1. The fraction of sp³-hybridized carbons (Fsp3) is 0. The van der Waals surface area contributed by atoms with Crippen molar-refractivity contribution in [3.63, 3.8) is 0 Å². The van der Waals surface area contributed by atoms with Gasteiger partial charge in [-0.15, -0.1) is 0 Å². The van der Waals surface area contributed by atoms with Crippen molar-refractivity contribution in [3.8, 4) is 0 Å². The van der Waals surface area contributed by atoms with Crippen LogP contribution in [0.2, 0.25) is 0 Å². The molecule has 0 bridgehead atoms. The normalized spacial score (nSPS) is 9.00. The summed E-state index contributed by atoms with van der Waals surface area (Å²) in [5, 5.41) is 0. The molecule has 0 aromatic carbocycles. The van der Waals surface area contributed by atoms with Gasteiger partial charge in [-0.1, -0.05) is 0 Å². The first-order chi connectivity index (χ1) is 4.33. The van der Waals surface area contributed by atoms with Crippen LogP contribution in [0.1, 0.15) is 5.69 Å². The lowest BCUT2D eigenvalue weighted by atomic mass is 10.5. The molecule has 0 spiro atoms. The van der Waals surface area contributed by atoms with Gasteiger partial charge in [0, 0.05) is 6.20 Å². The summed E-state index contributed by atoms with van der Waals surface area (Å²) in [6.45, 7) is 0. The van der Waals surface area contributed by atoms with E-state index in [2.05, 4.69) is 25.9 Å². The maximum Gasteiger partial charge on any atom is 0.253 e. The predicted octanol–water partition coefficient (Wildman–Crippen LogP) is 0.697. The highest BCUT2D eigenvalue weighted by Crippen LogP contribution is 1.98. The second-order valence-corrected chi connectivity index (χ2v) is 2.02. The van der Waals surface area contributed by atoms with E-state index in [4.69, 9.17) is 0 Å². The predicted molar refractivity (Wildman–Crippen MR) is 34.5 cm³/mol. The van der Waals surface area contributed by atoms with Gasteiger partial charge in [0.2, 0.25) is 0 Å². The number of rotatable bonds is 1. The maximum atomic E-state index is 9.92. The zero-order valence-electron chi connectivity index (χ0n) is 4.34. The first kappa shape index (κ1) is 6.35. The highest BCUT2D eigenvalue weighted by atomic mass is 79.9. The molecule has 0 N–H and O–H groups in total. The van der Waals surface area contributed by atoms with Crippen LogP contribution in [0.15, 0.2) is 17.0 Å². The van der Waals surface area contributed by atoms with Crippen LogP contribution in [0, 0.1) is 0 Å². The van der Waals surface area contributed by atoms with Gasteiger partial charge in [0.15, 0.2) is 4.73 Å². The summed E-state index contributed by atoms with van der Waals surface area (Å²) in [5.41, 5.74) is 0.261. The van der Waals surface area contributed by atoms with E-state index in [1.165, 1.54) is 12.3 Å². The summed E-state index contributed by atoms with van der Waals surface area (Å²) in [7, 11) is 0. The van der Waals surface area contributed by atoms with Gasteiger partial charge >= 0.3 is 0 Å². The van der Waals surface area contributed by atoms with Gasteiger partial charge in [0.1, 0.15) is 5.69 Å². The third-order valence-corrected chi connectivity index (χ3v) is 1.11.